The van der Waals surface area contributed by atoms with Gasteiger partial charge in [0.2, 0.25) is 0 Å². The van der Waals surface area contributed by atoms with E-state index >= 15 is 0 Å². The molecular weight excluding hydrogens is 255 g/mol. The maximum atomic E-state index is 6.23. The van der Waals surface area contributed by atoms with Crippen molar-refractivity contribution in [2.45, 2.75) is 32.2 Å². The standard InChI is InChI=1S/C13H14Cl2N2/c14-10-6-5-9-8-17-7-3-1-2-4-11(17)16-13(9)12(10)15/h5-6H,1-4,7-8H2. The van der Waals surface area contributed by atoms with Gasteiger partial charge in [0.1, 0.15) is 5.84 Å². The van der Waals surface area contributed by atoms with Crippen molar-refractivity contribution in [3.05, 3.63) is 27.7 Å². The van der Waals surface area contributed by atoms with E-state index in [1.54, 1.807) is 0 Å². The third-order valence-corrected chi connectivity index (χ3v) is 4.24. The molecule has 2 nitrogen and oxygen atoms in total. The van der Waals surface area contributed by atoms with Crippen molar-refractivity contribution in [3.8, 4) is 0 Å². The zero-order valence-electron chi connectivity index (χ0n) is 9.55. The maximum Gasteiger partial charge on any atom is 0.105 e. The Morgan fingerprint density at radius 2 is 2.00 bits per heavy atom. The fraction of sp³-hybridized carbons (Fsp3) is 0.462. The summed E-state index contributed by atoms with van der Waals surface area (Å²) in [7, 11) is 0. The molecule has 4 heteroatoms. The van der Waals surface area contributed by atoms with Gasteiger partial charge in [0, 0.05) is 19.5 Å². The van der Waals surface area contributed by atoms with Gasteiger partial charge in [0.05, 0.1) is 15.7 Å². The molecule has 0 saturated carbocycles. The van der Waals surface area contributed by atoms with E-state index in [0.29, 0.717) is 10.0 Å². The smallest absolute Gasteiger partial charge is 0.105 e. The molecule has 0 spiro atoms. The van der Waals surface area contributed by atoms with Gasteiger partial charge in [-0.05, 0) is 24.5 Å². The lowest BCUT2D eigenvalue weighted by Crippen LogP contribution is -2.32. The van der Waals surface area contributed by atoms with E-state index in [2.05, 4.69) is 4.90 Å². The first-order chi connectivity index (χ1) is 8.25. The van der Waals surface area contributed by atoms with Crippen LogP contribution in [0.4, 0.5) is 5.69 Å². The molecular formula is C13H14Cl2N2. The summed E-state index contributed by atoms with van der Waals surface area (Å²) in [6, 6.07) is 3.90. The molecule has 17 heavy (non-hydrogen) atoms. The number of fused-ring (bicyclic) bond motifs is 2. The summed E-state index contributed by atoms with van der Waals surface area (Å²) in [5.74, 6) is 1.18. The topological polar surface area (TPSA) is 15.6 Å². The molecule has 0 bridgehead atoms. The molecule has 0 atom stereocenters. The molecule has 1 saturated heterocycles. The van der Waals surface area contributed by atoms with Gasteiger partial charge in [-0.1, -0.05) is 35.7 Å². The van der Waals surface area contributed by atoms with E-state index in [-0.39, 0.29) is 0 Å². The van der Waals surface area contributed by atoms with Crippen LogP contribution >= 0.6 is 23.2 Å². The zero-order valence-corrected chi connectivity index (χ0v) is 11.1. The van der Waals surface area contributed by atoms with Crippen LogP contribution in [-0.4, -0.2) is 17.3 Å². The lowest BCUT2D eigenvalue weighted by atomic mass is 10.1. The van der Waals surface area contributed by atoms with E-state index < -0.39 is 0 Å². The molecule has 1 fully saturated rings. The Kier molecular flexibility index (Phi) is 3.01. The summed E-state index contributed by atoms with van der Waals surface area (Å²) in [6.07, 6.45) is 4.83. The molecule has 0 aliphatic carbocycles. The predicted octanol–water partition coefficient (Wildman–Crippen LogP) is 4.41. The second kappa shape index (κ2) is 4.51. The maximum absolute atomic E-state index is 6.23. The lowest BCUT2D eigenvalue weighted by Gasteiger charge is -2.29. The van der Waals surface area contributed by atoms with Crippen LogP contribution in [0.3, 0.4) is 0 Å². The fourth-order valence-corrected chi connectivity index (χ4v) is 2.89. The molecule has 2 aliphatic rings. The van der Waals surface area contributed by atoms with Gasteiger partial charge < -0.3 is 4.90 Å². The van der Waals surface area contributed by atoms with Crippen molar-refractivity contribution < 1.29 is 0 Å². The molecule has 0 unspecified atom stereocenters. The Morgan fingerprint density at radius 3 is 2.88 bits per heavy atom. The summed E-state index contributed by atoms with van der Waals surface area (Å²) < 4.78 is 0. The Labute approximate surface area is 111 Å². The van der Waals surface area contributed by atoms with Crippen molar-refractivity contribution in [2.75, 3.05) is 6.54 Å². The Balaban J connectivity index is 2.06. The molecule has 1 aromatic rings. The number of halogens is 2. The molecule has 0 amide bonds. The molecule has 0 aromatic heterocycles. The van der Waals surface area contributed by atoms with Crippen molar-refractivity contribution >= 4 is 34.7 Å². The molecule has 2 aliphatic heterocycles. The molecule has 3 rings (SSSR count). The Hall–Kier alpha value is -0.730. The monoisotopic (exact) mass is 268 g/mol. The fourth-order valence-electron chi connectivity index (χ4n) is 2.51. The van der Waals surface area contributed by atoms with E-state index in [4.69, 9.17) is 28.2 Å². The van der Waals surface area contributed by atoms with Gasteiger partial charge >= 0.3 is 0 Å². The van der Waals surface area contributed by atoms with Crippen LogP contribution in [0.25, 0.3) is 0 Å². The molecule has 1 aromatic carbocycles. The minimum absolute atomic E-state index is 0.594. The van der Waals surface area contributed by atoms with Crippen LogP contribution in [-0.2, 0) is 6.54 Å². The first-order valence-electron chi connectivity index (χ1n) is 6.05. The van der Waals surface area contributed by atoms with E-state index in [9.17, 15) is 0 Å². The molecule has 2 heterocycles. The van der Waals surface area contributed by atoms with Gasteiger partial charge in [-0.3, -0.25) is 0 Å². The number of amidine groups is 1. The van der Waals surface area contributed by atoms with E-state index in [1.807, 2.05) is 12.1 Å². The summed E-state index contributed by atoms with van der Waals surface area (Å²) in [5.41, 5.74) is 2.07. The highest BCUT2D eigenvalue weighted by Crippen LogP contribution is 2.39. The van der Waals surface area contributed by atoms with Crippen molar-refractivity contribution in [2.24, 2.45) is 4.99 Å². The molecule has 90 valence electrons. The van der Waals surface area contributed by atoms with E-state index in [0.717, 1.165) is 25.2 Å². The highest BCUT2D eigenvalue weighted by atomic mass is 35.5. The quantitative estimate of drug-likeness (QED) is 0.681. The highest BCUT2D eigenvalue weighted by Gasteiger charge is 2.23. The largest absolute Gasteiger partial charge is 0.356 e. The molecule has 0 radical (unpaired) electrons. The van der Waals surface area contributed by atoms with Crippen LogP contribution in [0.15, 0.2) is 17.1 Å². The van der Waals surface area contributed by atoms with Gasteiger partial charge in [-0.25, -0.2) is 4.99 Å². The Bertz CT molecular complexity index is 483. The first-order valence-corrected chi connectivity index (χ1v) is 6.80. The average Bonchev–Trinajstić information content (AvgIpc) is 2.57. The number of hydrogen-bond donors (Lipinski definition) is 0. The minimum Gasteiger partial charge on any atom is -0.356 e. The second-order valence-corrected chi connectivity index (χ2v) is 5.41. The van der Waals surface area contributed by atoms with Crippen LogP contribution in [0, 0.1) is 0 Å². The third kappa shape index (κ3) is 2.04. The highest BCUT2D eigenvalue weighted by molar-refractivity contribution is 6.43. The molecule has 0 N–H and O–H groups in total. The van der Waals surface area contributed by atoms with Crippen LogP contribution in [0.2, 0.25) is 10.0 Å². The summed E-state index contributed by atoms with van der Waals surface area (Å²) in [5, 5.41) is 1.19. The van der Waals surface area contributed by atoms with Crippen molar-refractivity contribution in [1.29, 1.82) is 0 Å². The summed E-state index contributed by atoms with van der Waals surface area (Å²) in [6.45, 7) is 2.03. The number of rotatable bonds is 0. The summed E-state index contributed by atoms with van der Waals surface area (Å²) in [4.78, 5) is 7.09. The Morgan fingerprint density at radius 1 is 1.12 bits per heavy atom. The van der Waals surface area contributed by atoms with Crippen LogP contribution in [0.5, 0.6) is 0 Å². The van der Waals surface area contributed by atoms with Crippen molar-refractivity contribution in [1.82, 2.24) is 4.90 Å². The minimum atomic E-state index is 0.594. The van der Waals surface area contributed by atoms with Crippen LogP contribution in [0.1, 0.15) is 31.2 Å². The average molecular weight is 269 g/mol. The van der Waals surface area contributed by atoms with Gasteiger partial charge in [0.25, 0.3) is 0 Å². The van der Waals surface area contributed by atoms with Gasteiger partial charge in [-0.2, -0.15) is 0 Å². The van der Waals surface area contributed by atoms with Gasteiger partial charge in [0.15, 0.2) is 0 Å². The second-order valence-electron chi connectivity index (χ2n) is 4.63. The van der Waals surface area contributed by atoms with E-state index in [1.165, 1.54) is 30.7 Å². The zero-order chi connectivity index (χ0) is 11.8. The van der Waals surface area contributed by atoms with Crippen LogP contribution < -0.4 is 0 Å². The first kappa shape index (κ1) is 11.4. The van der Waals surface area contributed by atoms with Crippen molar-refractivity contribution in [3.63, 3.8) is 0 Å². The third-order valence-electron chi connectivity index (χ3n) is 3.45. The number of hydrogen-bond acceptors (Lipinski definition) is 2. The lowest BCUT2D eigenvalue weighted by molar-refractivity contribution is 0.403. The predicted molar refractivity (Wildman–Crippen MR) is 72.4 cm³/mol. The normalized spacial score (nSPS) is 19.2. The summed E-state index contributed by atoms with van der Waals surface area (Å²) >= 11 is 12.3. The number of nitrogens with zero attached hydrogens (tertiary/aromatic N) is 2. The number of aliphatic imine (C=N–C) groups is 1. The SMILES string of the molecule is Clc1ccc2c(c1Cl)N=C1CCCCCN1C2. The number of benzene rings is 1. The van der Waals surface area contributed by atoms with Gasteiger partial charge in [-0.15, -0.1) is 0 Å².